The Bertz CT molecular complexity index is 1890. The van der Waals surface area contributed by atoms with Crippen molar-refractivity contribution in [1.82, 2.24) is 20.1 Å². The van der Waals surface area contributed by atoms with Crippen molar-refractivity contribution < 1.29 is 43.2 Å². The molecule has 58 heavy (non-hydrogen) atoms. The van der Waals surface area contributed by atoms with Crippen molar-refractivity contribution in [1.29, 1.82) is 0 Å². The van der Waals surface area contributed by atoms with Crippen LogP contribution in [0, 0.1) is 18.8 Å². The number of nitrogens with zero attached hydrogens (tertiary/aromatic N) is 3. The van der Waals surface area contributed by atoms with Gasteiger partial charge in [0.2, 0.25) is 11.8 Å². The van der Waals surface area contributed by atoms with E-state index in [1.165, 1.54) is 16.0 Å². The molecule has 0 bridgehead atoms. The molecule has 4 fully saturated rings. The standard InChI is InChI=1S/C44H59N5O9/c1-26-38(56-18-15-48-13-16-55-17-14-48)12-11-33-39(24-36(27-9-10-27)46-40(26)33)57-32-23-37(41(45)50)49(25-32)42(51)35(47-44(54)58-31-20-29-19-30(29)21-31)8-6-4-2-3-5-7-28-22-34(28)43(52)53/h11-12,24,27-28,31-32,34-35,37H,2-10,13-23,25H2,1H3,(H2,45,50)(H,47,54)(H,52,53)/t28-,32?,34+,35+,37+/m1/s1. The van der Waals surface area contributed by atoms with Crippen LogP contribution < -0.4 is 20.5 Å². The first-order chi connectivity index (χ1) is 28.1. The Morgan fingerprint density at radius 2 is 1.76 bits per heavy atom. The van der Waals surface area contributed by atoms with Crippen LogP contribution in [0.25, 0.3) is 10.9 Å². The lowest BCUT2D eigenvalue weighted by molar-refractivity contribution is -0.139. The molecule has 2 aromatic rings. The van der Waals surface area contributed by atoms with Crippen LogP contribution in [0.2, 0.25) is 0 Å². The molecule has 0 spiro atoms. The molecule has 4 aliphatic carbocycles. The summed E-state index contributed by atoms with van der Waals surface area (Å²) in [4.78, 5) is 60.5. The van der Waals surface area contributed by atoms with Crippen LogP contribution in [-0.4, -0.2) is 114 Å². The van der Waals surface area contributed by atoms with Gasteiger partial charge in [-0.25, -0.2) is 4.79 Å². The van der Waals surface area contributed by atoms with Gasteiger partial charge in [0.05, 0.1) is 31.2 Å². The molecule has 314 valence electrons. The summed E-state index contributed by atoms with van der Waals surface area (Å²) < 4.78 is 24.2. The highest BCUT2D eigenvalue weighted by molar-refractivity contribution is 5.92. The molecule has 3 amide bonds. The molecule has 2 aliphatic heterocycles. The van der Waals surface area contributed by atoms with E-state index in [9.17, 15) is 24.3 Å². The van der Waals surface area contributed by atoms with E-state index in [2.05, 4.69) is 10.2 Å². The summed E-state index contributed by atoms with van der Waals surface area (Å²) in [6, 6.07) is 4.15. The zero-order chi connectivity index (χ0) is 40.3. The number of hydrogen-bond acceptors (Lipinski definition) is 10. The molecule has 8 rings (SSSR count). The number of ether oxygens (including phenoxy) is 4. The van der Waals surface area contributed by atoms with Crippen LogP contribution in [-0.2, 0) is 23.9 Å². The maximum absolute atomic E-state index is 14.4. The predicted octanol–water partition coefficient (Wildman–Crippen LogP) is 5.37. The first kappa shape index (κ1) is 40.4. The second-order valence-corrected chi connectivity index (χ2v) is 17.4. The van der Waals surface area contributed by atoms with Gasteiger partial charge in [0.1, 0.15) is 42.4 Å². The highest BCUT2D eigenvalue weighted by Crippen LogP contribution is 2.46. The van der Waals surface area contributed by atoms with Crippen LogP contribution in [0.5, 0.6) is 11.5 Å². The molecule has 4 N–H and O–H groups in total. The Kier molecular flexibility index (Phi) is 12.4. The van der Waals surface area contributed by atoms with Crippen LogP contribution in [0.4, 0.5) is 4.79 Å². The minimum atomic E-state index is -0.895. The van der Waals surface area contributed by atoms with Gasteiger partial charge in [0.25, 0.3) is 0 Å². The average molecular weight is 802 g/mol. The third kappa shape index (κ3) is 9.87. The minimum Gasteiger partial charge on any atom is -0.492 e. The zero-order valence-corrected chi connectivity index (χ0v) is 33.8. The third-order valence-electron chi connectivity index (χ3n) is 13.0. The average Bonchev–Trinajstić information content (AvgIpc) is 4.16. The van der Waals surface area contributed by atoms with Gasteiger partial charge < -0.3 is 40.0 Å². The zero-order valence-electron chi connectivity index (χ0n) is 33.8. The smallest absolute Gasteiger partial charge is 0.408 e. The number of nitrogens with two attached hydrogens (primary N) is 1. The number of alkyl carbamates (subject to hydrolysis) is 1. The number of morpholine rings is 1. The van der Waals surface area contributed by atoms with Crippen LogP contribution in [0.1, 0.15) is 107 Å². The van der Waals surface area contributed by atoms with E-state index in [-0.39, 0.29) is 30.9 Å². The van der Waals surface area contributed by atoms with Crippen molar-refractivity contribution in [3.8, 4) is 11.5 Å². The van der Waals surface area contributed by atoms with E-state index >= 15 is 0 Å². The molecule has 3 heterocycles. The number of carbonyl (C=O) groups excluding carboxylic acids is 3. The topological polar surface area (TPSA) is 183 Å². The molecule has 6 aliphatic rings. The largest absolute Gasteiger partial charge is 0.492 e. The first-order valence-electron chi connectivity index (χ1n) is 21.6. The van der Waals surface area contributed by atoms with Crippen molar-refractivity contribution in [2.24, 2.45) is 17.6 Å². The molecule has 1 unspecified atom stereocenters. The normalized spacial score (nSPS) is 24.7. The summed E-state index contributed by atoms with van der Waals surface area (Å²) in [5, 5.41) is 12.9. The van der Waals surface area contributed by atoms with Gasteiger partial charge in [-0.3, -0.25) is 24.3 Å². The van der Waals surface area contributed by atoms with Crippen molar-refractivity contribution in [3.63, 3.8) is 0 Å². The third-order valence-corrected chi connectivity index (χ3v) is 13.0. The molecule has 5 atom stereocenters. The molecule has 14 heteroatoms. The fraction of sp³-hybridized carbons (Fsp3) is 0.659. The minimum absolute atomic E-state index is 0.141. The quantitative estimate of drug-likeness (QED) is 0.116. The molecule has 1 aromatic carbocycles. The van der Waals surface area contributed by atoms with Crippen molar-refractivity contribution in [2.75, 3.05) is 46.0 Å². The number of amides is 3. The molecule has 2 saturated carbocycles. The summed E-state index contributed by atoms with van der Waals surface area (Å²) in [6.45, 7) is 6.82. The number of hydrogen-bond donors (Lipinski definition) is 3. The molecule has 14 nitrogen and oxygen atoms in total. The fourth-order valence-electron chi connectivity index (χ4n) is 9.22. The number of carboxylic acids is 1. The number of unbranched alkanes of at least 4 members (excludes halogenated alkanes) is 4. The van der Waals surface area contributed by atoms with Gasteiger partial charge in [-0.1, -0.05) is 43.3 Å². The number of pyridine rings is 1. The van der Waals surface area contributed by atoms with E-state index < -0.39 is 36.2 Å². The van der Waals surface area contributed by atoms with Gasteiger partial charge in [-0.05, 0) is 63.5 Å². The van der Waals surface area contributed by atoms with E-state index in [0.717, 1.165) is 131 Å². The van der Waals surface area contributed by atoms with Gasteiger partial charge >= 0.3 is 12.1 Å². The Hall–Kier alpha value is -4.43. The number of nitrogens with one attached hydrogen (secondary N) is 1. The van der Waals surface area contributed by atoms with Gasteiger partial charge in [0.15, 0.2) is 0 Å². The summed E-state index contributed by atoms with van der Waals surface area (Å²) in [7, 11) is 0. The maximum Gasteiger partial charge on any atom is 0.408 e. The molecular weight excluding hydrogens is 743 g/mol. The number of aliphatic carboxylic acids is 1. The van der Waals surface area contributed by atoms with Gasteiger partial charge in [0, 0.05) is 67.5 Å². The molecule has 2 saturated heterocycles. The van der Waals surface area contributed by atoms with Crippen LogP contribution >= 0.6 is 0 Å². The highest BCUT2D eigenvalue weighted by Gasteiger charge is 2.44. The number of carboxylic acid groups (broad SMARTS) is 1. The Morgan fingerprint density at radius 3 is 2.48 bits per heavy atom. The van der Waals surface area contributed by atoms with Crippen LogP contribution in [0.3, 0.4) is 0 Å². The molecule has 0 radical (unpaired) electrons. The molecule has 1 aromatic heterocycles. The highest BCUT2D eigenvalue weighted by atomic mass is 16.6. The fourth-order valence-corrected chi connectivity index (χ4v) is 9.22. The predicted molar refractivity (Wildman–Crippen MR) is 215 cm³/mol. The van der Waals surface area contributed by atoms with E-state index in [0.29, 0.717) is 37.0 Å². The summed E-state index contributed by atoms with van der Waals surface area (Å²) in [5.74, 6) is 0.239. The Labute approximate surface area is 340 Å². The summed E-state index contributed by atoms with van der Waals surface area (Å²) in [6.07, 6.45) is 10.1. The van der Waals surface area contributed by atoms with Crippen LogP contribution in [0.15, 0.2) is 29.3 Å². The Morgan fingerprint density at radius 1 is 1.00 bits per heavy atom. The number of benzene rings is 1. The number of rotatable bonds is 20. The number of primary amides is 1. The molecular formula is C44H59N5O9. The SMILES string of the molecule is Cc1c(OCCN2CCOCC2)ccc2c(OC3C[C@@H](C(N)=O)N(C(=O)[C@H](CCCCCCC[C@@H]4C[C@@H]4C(=O)O)NC(=O)OC4CC5=C(C5)C4)C3)cc(C3CC3)nc12. The second kappa shape index (κ2) is 17.8. The number of carbonyl (C=O) groups is 4. The van der Waals surface area contributed by atoms with E-state index in [1.807, 2.05) is 25.1 Å². The number of aryl methyl sites for hydroxylation is 1. The number of likely N-dealkylation sites (tertiary alicyclic amines) is 1. The number of fused-ring (bicyclic) bond motifs is 1. The first-order valence-corrected chi connectivity index (χ1v) is 21.6. The second-order valence-electron chi connectivity index (χ2n) is 17.4. The lowest BCUT2D eigenvalue weighted by Crippen LogP contribution is -2.53. The number of aromatic nitrogens is 1. The summed E-state index contributed by atoms with van der Waals surface area (Å²) in [5.41, 5.74) is 11.4. The van der Waals surface area contributed by atoms with Crippen molar-refractivity contribution in [2.45, 2.75) is 127 Å². The van der Waals surface area contributed by atoms with Crippen molar-refractivity contribution in [3.05, 3.63) is 40.6 Å². The lowest BCUT2D eigenvalue weighted by atomic mass is 10.0. The van der Waals surface area contributed by atoms with Crippen molar-refractivity contribution >= 4 is 34.8 Å². The monoisotopic (exact) mass is 801 g/mol. The maximum atomic E-state index is 14.4. The van der Waals surface area contributed by atoms with E-state index in [1.54, 1.807) is 0 Å². The Balaban J connectivity index is 0.919. The summed E-state index contributed by atoms with van der Waals surface area (Å²) >= 11 is 0. The van der Waals surface area contributed by atoms with E-state index in [4.69, 9.17) is 29.7 Å². The van der Waals surface area contributed by atoms with Gasteiger partial charge in [-0.2, -0.15) is 0 Å². The lowest BCUT2D eigenvalue weighted by Gasteiger charge is -2.28. The van der Waals surface area contributed by atoms with Gasteiger partial charge in [-0.15, -0.1) is 0 Å².